The van der Waals surface area contributed by atoms with Crippen LogP contribution in [0.4, 0.5) is 0 Å². The molecule has 1 aromatic carbocycles. The molecule has 0 saturated heterocycles. The summed E-state index contributed by atoms with van der Waals surface area (Å²) < 4.78 is 0. The number of aryl methyl sites for hydroxylation is 1. The van der Waals surface area contributed by atoms with Gasteiger partial charge in [-0.1, -0.05) is 44.5 Å². The second-order valence-electron chi connectivity index (χ2n) is 5.02. The maximum Gasteiger partial charge on any atom is 0.0623 e. The second kappa shape index (κ2) is 6.77. The van der Waals surface area contributed by atoms with E-state index in [1.54, 1.807) is 0 Å². The van der Waals surface area contributed by atoms with Crippen LogP contribution < -0.4 is 5.73 Å². The van der Waals surface area contributed by atoms with Crippen molar-refractivity contribution < 1.29 is 5.11 Å². The molecule has 0 aliphatic rings. The van der Waals surface area contributed by atoms with E-state index >= 15 is 0 Å². The molecule has 0 saturated carbocycles. The summed E-state index contributed by atoms with van der Waals surface area (Å²) in [5.74, 6) is 0.605. The van der Waals surface area contributed by atoms with Gasteiger partial charge in [0.25, 0.3) is 0 Å². The molecular weight excluding hydrogens is 210 g/mol. The molecule has 0 aliphatic carbocycles. The molecule has 3 N–H and O–H groups in total. The van der Waals surface area contributed by atoms with E-state index in [4.69, 9.17) is 5.73 Å². The average Bonchev–Trinajstić information content (AvgIpc) is 2.32. The quantitative estimate of drug-likeness (QED) is 0.796. The number of nitrogens with two attached hydrogens (primary N) is 1. The molecule has 3 atom stereocenters. The maximum absolute atomic E-state index is 10.3. The summed E-state index contributed by atoms with van der Waals surface area (Å²) in [4.78, 5) is 0. The Balaban J connectivity index is 2.81. The number of aliphatic hydroxyl groups is 1. The minimum absolute atomic E-state index is 0.0604. The van der Waals surface area contributed by atoms with E-state index in [0.29, 0.717) is 12.5 Å². The average molecular weight is 235 g/mol. The predicted octanol–water partition coefficient (Wildman–Crippen LogP) is 2.83. The molecule has 0 aliphatic heterocycles. The molecule has 0 fully saturated rings. The maximum atomic E-state index is 10.3. The molecule has 0 aromatic heterocycles. The van der Waals surface area contributed by atoms with Crippen molar-refractivity contribution in [3.05, 3.63) is 35.4 Å². The lowest BCUT2D eigenvalue weighted by Crippen LogP contribution is -2.28. The minimum atomic E-state index is -0.337. The molecule has 17 heavy (non-hydrogen) atoms. The van der Waals surface area contributed by atoms with Crippen LogP contribution in [0, 0.1) is 12.8 Å². The molecule has 0 radical (unpaired) electrons. The Labute approximate surface area is 105 Å². The van der Waals surface area contributed by atoms with Gasteiger partial charge >= 0.3 is 0 Å². The van der Waals surface area contributed by atoms with Crippen molar-refractivity contribution in [1.82, 2.24) is 0 Å². The standard InChI is InChI=1S/C15H25NO/c1-4-11(2)9-15(17)14(10-16)13-8-6-5-7-12(13)3/h5-8,11,14-15,17H,4,9-10,16H2,1-3H3. The zero-order chi connectivity index (χ0) is 12.8. The van der Waals surface area contributed by atoms with Crippen LogP contribution in [-0.2, 0) is 0 Å². The van der Waals surface area contributed by atoms with Gasteiger partial charge in [0.2, 0.25) is 0 Å². The van der Waals surface area contributed by atoms with E-state index in [1.807, 2.05) is 12.1 Å². The van der Waals surface area contributed by atoms with Gasteiger partial charge in [-0.25, -0.2) is 0 Å². The predicted molar refractivity (Wildman–Crippen MR) is 73.1 cm³/mol. The van der Waals surface area contributed by atoms with E-state index in [0.717, 1.165) is 12.8 Å². The van der Waals surface area contributed by atoms with Crippen molar-refractivity contribution in [2.45, 2.75) is 45.6 Å². The van der Waals surface area contributed by atoms with E-state index in [1.165, 1.54) is 11.1 Å². The van der Waals surface area contributed by atoms with E-state index < -0.39 is 0 Å². The Kier molecular flexibility index (Phi) is 5.66. The van der Waals surface area contributed by atoms with Crippen LogP contribution in [-0.4, -0.2) is 17.8 Å². The first kappa shape index (κ1) is 14.2. The van der Waals surface area contributed by atoms with Gasteiger partial charge in [0.15, 0.2) is 0 Å². The molecule has 96 valence electrons. The van der Waals surface area contributed by atoms with Crippen molar-refractivity contribution in [3.8, 4) is 0 Å². The monoisotopic (exact) mass is 235 g/mol. The molecule has 3 unspecified atom stereocenters. The van der Waals surface area contributed by atoms with Crippen LogP contribution in [0.1, 0.15) is 43.7 Å². The highest BCUT2D eigenvalue weighted by molar-refractivity contribution is 5.30. The molecule has 0 bridgehead atoms. The van der Waals surface area contributed by atoms with Gasteiger partial charge in [-0.15, -0.1) is 0 Å². The highest BCUT2D eigenvalue weighted by Gasteiger charge is 2.22. The van der Waals surface area contributed by atoms with Gasteiger partial charge in [0.1, 0.15) is 0 Å². The number of aliphatic hydroxyl groups excluding tert-OH is 1. The second-order valence-corrected chi connectivity index (χ2v) is 5.02. The van der Waals surface area contributed by atoms with Gasteiger partial charge in [-0.05, 0) is 30.4 Å². The van der Waals surface area contributed by atoms with Gasteiger partial charge in [0, 0.05) is 12.5 Å². The number of hydrogen-bond donors (Lipinski definition) is 2. The fourth-order valence-corrected chi connectivity index (χ4v) is 2.24. The third-order valence-corrected chi connectivity index (χ3v) is 3.65. The Hall–Kier alpha value is -0.860. The molecule has 1 rings (SSSR count). The first-order valence-electron chi connectivity index (χ1n) is 6.53. The van der Waals surface area contributed by atoms with E-state index in [-0.39, 0.29) is 12.0 Å². The van der Waals surface area contributed by atoms with Gasteiger partial charge in [0.05, 0.1) is 6.10 Å². The Morgan fingerprint density at radius 1 is 1.29 bits per heavy atom. The normalized spacial score (nSPS) is 16.5. The lowest BCUT2D eigenvalue weighted by atomic mass is 9.85. The summed E-state index contributed by atoms with van der Waals surface area (Å²) in [6.07, 6.45) is 1.59. The number of benzene rings is 1. The van der Waals surface area contributed by atoms with E-state index in [9.17, 15) is 5.11 Å². The zero-order valence-electron chi connectivity index (χ0n) is 11.2. The summed E-state index contributed by atoms with van der Waals surface area (Å²) in [6.45, 7) is 6.91. The fourth-order valence-electron chi connectivity index (χ4n) is 2.24. The van der Waals surface area contributed by atoms with Crippen LogP contribution >= 0.6 is 0 Å². The molecular formula is C15H25NO. The Bertz CT molecular complexity index is 337. The van der Waals surface area contributed by atoms with Crippen molar-refractivity contribution in [1.29, 1.82) is 0 Å². The SMILES string of the molecule is CCC(C)CC(O)C(CN)c1ccccc1C. The first-order valence-corrected chi connectivity index (χ1v) is 6.53. The minimum Gasteiger partial charge on any atom is -0.392 e. The summed E-state index contributed by atoms with van der Waals surface area (Å²) >= 11 is 0. The number of rotatable bonds is 6. The lowest BCUT2D eigenvalue weighted by molar-refractivity contribution is 0.117. The smallest absolute Gasteiger partial charge is 0.0623 e. The molecule has 0 spiro atoms. The largest absolute Gasteiger partial charge is 0.392 e. The Morgan fingerprint density at radius 3 is 2.47 bits per heavy atom. The third-order valence-electron chi connectivity index (χ3n) is 3.65. The van der Waals surface area contributed by atoms with Crippen molar-refractivity contribution >= 4 is 0 Å². The first-order chi connectivity index (χ1) is 8.10. The Morgan fingerprint density at radius 2 is 1.94 bits per heavy atom. The highest BCUT2D eigenvalue weighted by atomic mass is 16.3. The zero-order valence-corrected chi connectivity index (χ0v) is 11.2. The number of hydrogen-bond acceptors (Lipinski definition) is 2. The van der Waals surface area contributed by atoms with Crippen LogP contribution in [0.25, 0.3) is 0 Å². The van der Waals surface area contributed by atoms with Crippen molar-refractivity contribution in [2.75, 3.05) is 6.54 Å². The summed E-state index contributed by atoms with van der Waals surface area (Å²) in [6, 6.07) is 8.19. The molecule has 0 heterocycles. The highest BCUT2D eigenvalue weighted by Crippen LogP contribution is 2.26. The topological polar surface area (TPSA) is 46.2 Å². The van der Waals surface area contributed by atoms with Crippen molar-refractivity contribution in [3.63, 3.8) is 0 Å². The summed E-state index contributed by atoms with van der Waals surface area (Å²) in [7, 11) is 0. The van der Waals surface area contributed by atoms with Gasteiger partial charge in [-0.2, -0.15) is 0 Å². The van der Waals surface area contributed by atoms with Crippen molar-refractivity contribution in [2.24, 2.45) is 11.7 Å². The molecule has 1 aromatic rings. The molecule has 2 nitrogen and oxygen atoms in total. The van der Waals surface area contributed by atoms with Crippen LogP contribution in [0.2, 0.25) is 0 Å². The summed E-state index contributed by atoms with van der Waals surface area (Å²) in [5, 5.41) is 10.3. The van der Waals surface area contributed by atoms with Gasteiger partial charge < -0.3 is 10.8 Å². The van der Waals surface area contributed by atoms with Crippen LogP contribution in [0.5, 0.6) is 0 Å². The lowest BCUT2D eigenvalue weighted by Gasteiger charge is -2.25. The van der Waals surface area contributed by atoms with Crippen LogP contribution in [0.15, 0.2) is 24.3 Å². The third kappa shape index (κ3) is 3.83. The van der Waals surface area contributed by atoms with Crippen LogP contribution in [0.3, 0.4) is 0 Å². The molecule has 2 heteroatoms. The van der Waals surface area contributed by atoms with Gasteiger partial charge in [-0.3, -0.25) is 0 Å². The summed E-state index contributed by atoms with van der Waals surface area (Å²) in [5.41, 5.74) is 8.23. The molecule has 0 amide bonds. The fraction of sp³-hybridized carbons (Fsp3) is 0.600. The van der Waals surface area contributed by atoms with E-state index in [2.05, 4.69) is 32.9 Å².